The fraction of sp³-hybridized carbons (Fsp3) is 0.200. The summed E-state index contributed by atoms with van der Waals surface area (Å²) in [5.41, 5.74) is 1.35. The summed E-state index contributed by atoms with van der Waals surface area (Å²) in [6, 6.07) is 8.79. The number of rotatable bonds is 3. The second-order valence-corrected chi connectivity index (χ2v) is 4.92. The summed E-state index contributed by atoms with van der Waals surface area (Å²) in [7, 11) is 0. The topological polar surface area (TPSA) is 63.1 Å². The van der Waals surface area contributed by atoms with E-state index in [2.05, 4.69) is 10.6 Å². The number of nitrogens with zero attached hydrogens (tertiary/aromatic N) is 1. The summed E-state index contributed by atoms with van der Waals surface area (Å²) in [6.45, 7) is 0.702. The van der Waals surface area contributed by atoms with Crippen molar-refractivity contribution in [3.05, 3.63) is 59.7 Å². The molecule has 1 aliphatic heterocycles. The smallest absolute Gasteiger partial charge is 0.268 e. The molecule has 1 aromatic carbocycles. The molecule has 6 heteroatoms. The number of halogens is 1. The Kier molecular flexibility index (Phi) is 3.43. The summed E-state index contributed by atoms with van der Waals surface area (Å²) < 4.78 is 14.5. The van der Waals surface area contributed by atoms with Crippen molar-refractivity contribution in [2.24, 2.45) is 0 Å². The van der Waals surface area contributed by atoms with E-state index in [0.717, 1.165) is 5.56 Å². The van der Waals surface area contributed by atoms with E-state index in [1.807, 2.05) is 0 Å². The highest BCUT2D eigenvalue weighted by Gasteiger charge is 2.28. The van der Waals surface area contributed by atoms with Crippen LogP contribution in [0.2, 0.25) is 0 Å². The van der Waals surface area contributed by atoms with E-state index < -0.39 is 6.04 Å². The highest BCUT2D eigenvalue weighted by molar-refractivity contribution is 5.97. The van der Waals surface area contributed by atoms with Crippen LogP contribution < -0.4 is 10.6 Å². The number of aromatic nitrogens is 1. The van der Waals surface area contributed by atoms with Crippen LogP contribution >= 0.6 is 0 Å². The molecule has 1 atom stereocenters. The first-order valence-electron chi connectivity index (χ1n) is 6.61. The van der Waals surface area contributed by atoms with Crippen molar-refractivity contribution in [3.8, 4) is 0 Å². The molecule has 5 nitrogen and oxygen atoms in total. The lowest BCUT2D eigenvalue weighted by atomic mass is 10.2. The normalized spacial score (nSPS) is 17.0. The van der Waals surface area contributed by atoms with Gasteiger partial charge in [0.2, 0.25) is 5.91 Å². The fourth-order valence-electron chi connectivity index (χ4n) is 2.32. The summed E-state index contributed by atoms with van der Waals surface area (Å²) in [5, 5.41) is 5.41. The minimum atomic E-state index is -0.599. The van der Waals surface area contributed by atoms with Gasteiger partial charge in [-0.1, -0.05) is 12.1 Å². The van der Waals surface area contributed by atoms with E-state index in [0.29, 0.717) is 18.8 Å². The second-order valence-electron chi connectivity index (χ2n) is 4.92. The monoisotopic (exact) mass is 287 g/mol. The molecule has 1 aliphatic rings. The second kappa shape index (κ2) is 5.40. The van der Waals surface area contributed by atoms with Crippen LogP contribution in [-0.2, 0) is 17.9 Å². The van der Waals surface area contributed by atoms with Gasteiger partial charge in [0.1, 0.15) is 17.6 Å². The molecule has 0 fully saturated rings. The van der Waals surface area contributed by atoms with Gasteiger partial charge in [0.15, 0.2) is 0 Å². The van der Waals surface area contributed by atoms with Gasteiger partial charge in [-0.25, -0.2) is 4.39 Å². The van der Waals surface area contributed by atoms with Gasteiger partial charge in [0, 0.05) is 12.7 Å². The van der Waals surface area contributed by atoms with E-state index in [4.69, 9.17) is 0 Å². The van der Waals surface area contributed by atoms with Crippen LogP contribution in [0.15, 0.2) is 42.6 Å². The Morgan fingerprint density at radius 3 is 2.86 bits per heavy atom. The van der Waals surface area contributed by atoms with Crippen LogP contribution in [0.25, 0.3) is 0 Å². The predicted octanol–water partition coefficient (Wildman–Crippen LogP) is 1.06. The molecule has 0 spiro atoms. The first-order valence-corrected chi connectivity index (χ1v) is 6.61. The molecule has 21 heavy (non-hydrogen) atoms. The summed E-state index contributed by atoms with van der Waals surface area (Å²) in [4.78, 5) is 23.9. The lowest BCUT2D eigenvalue weighted by Gasteiger charge is -2.24. The number of carbonyl (C=O) groups is 2. The van der Waals surface area contributed by atoms with Crippen LogP contribution in [0.4, 0.5) is 4.39 Å². The Balaban J connectivity index is 1.62. The van der Waals surface area contributed by atoms with Crippen LogP contribution in [0.3, 0.4) is 0 Å². The standard InChI is InChI=1S/C15H14FN3O2/c16-11-5-3-10(4-6-11)8-17-14(20)12-9-19-7-1-2-13(19)15(21)18-12/h1-7,12H,8-9H2,(H,17,20)(H,18,21). The SMILES string of the molecule is O=C1NC(C(=O)NCc2ccc(F)cc2)Cn2cccc21. The Labute approximate surface area is 120 Å². The van der Waals surface area contributed by atoms with Gasteiger partial charge in [0.25, 0.3) is 5.91 Å². The minimum Gasteiger partial charge on any atom is -0.350 e. The Morgan fingerprint density at radius 1 is 1.33 bits per heavy atom. The highest BCUT2D eigenvalue weighted by atomic mass is 19.1. The first kappa shape index (κ1) is 13.4. The van der Waals surface area contributed by atoms with E-state index >= 15 is 0 Å². The van der Waals surface area contributed by atoms with Crippen LogP contribution in [0, 0.1) is 5.82 Å². The lowest BCUT2D eigenvalue weighted by molar-refractivity contribution is -0.123. The van der Waals surface area contributed by atoms with Crippen molar-refractivity contribution in [1.29, 1.82) is 0 Å². The molecule has 0 saturated heterocycles. The maximum atomic E-state index is 12.8. The highest BCUT2D eigenvalue weighted by Crippen LogP contribution is 2.10. The van der Waals surface area contributed by atoms with Crippen molar-refractivity contribution in [3.63, 3.8) is 0 Å². The average Bonchev–Trinajstić information content (AvgIpc) is 2.95. The zero-order valence-corrected chi connectivity index (χ0v) is 11.2. The van der Waals surface area contributed by atoms with E-state index in [-0.39, 0.29) is 17.6 Å². The zero-order chi connectivity index (χ0) is 14.8. The predicted molar refractivity (Wildman–Crippen MR) is 73.9 cm³/mol. The van der Waals surface area contributed by atoms with Crippen molar-refractivity contribution < 1.29 is 14.0 Å². The average molecular weight is 287 g/mol. The fourth-order valence-corrected chi connectivity index (χ4v) is 2.32. The molecule has 0 saturated carbocycles. The maximum absolute atomic E-state index is 12.8. The van der Waals surface area contributed by atoms with E-state index in [1.54, 1.807) is 35.0 Å². The molecule has 0 radical (unpaired) electrons. The van der Waals surface area contributed by atoms with Gasteiger partial charge in [-0.15, -0.1) is 0 Å². The maximum Gasteiger partial charge on any atom is 0.268 e. The van der Waals surface area contributed by atoms with Gasteiger partial charge >= 0.3 is 0 Å². The Morgan fingerprint density at radius 2 is 2.10 bits per heavy atom. The quantitative estimate of drug-likeness (QED) is 0.886. The minimum absolute atomic E-state index is 0.256. The summed E-state index contributed by atoms with van der Waals surface area (Å²) in [6.07, 6.45) is 1.77. The Bertz CT molecular complexity index is 678. The van der Waals surface area contributed by atoms with Crippen LogP contribution in [0.1, 0.15) is 16.1 Å². The molecular weight excluding hydrogens is 273 g/mol. The number of carbonyl (C=O) groups excluding carboxylic acids is 2. The Hall–Kier alpha value is -2.63. The van der Waals surface area contributed by atoms with Crippen molar-refractivity contribution in [2.75, 3.05) is 0 Å². The largest absolute Gasteiger partial charge is 0.350 e. The molecule has 0 bridgehead atoms. The molecule has 2 aromatic rings. The van der Waals surface area contributed by atoms with Gasteiger partial charge in [-0.05, 0) is 29.8 Å². The molecule has 1 unspecified atom stereocenters. The van der Waals surface area contributed by atoms with Gasteiger partial charge in [-0.2, -0.15) is 0 Å². The molecular formula is C15H14FN3O2. The molecule has 2 heterocycles. The third kappa shape index (κ3) is 2.79. The van der Waals surface area contributed by atoms with Crippen molar-refractivity contribution in [2.45, 2.75) is 19.1 Å². The van der Waals surface area contributed by atoms with Gasteiger partial charge < -0.3 is 15.2 Å². The third-order valence-corrected chi connectivity index (χ3v) is 3.44. The third-order valence-electron chi connectivity index (χ3n) is 3.44. The molecule has 0 aliphatic carbocycles. The number of hydrogen-bond acceptors (Lipinski definition) is 2. The molecule has 1 aromatic heterocycles. The lowest BCUT2D eigenvalue weighted by Crippen LogP contribution is -2.52. The summed E-state index contributed by atoms with van der Waals surface area (Å²) >= 11 is 0. The number of amides is 2. The summed E-state index contributed by atoms with van der Waals surface area (Å²) in [5.74, 6) is -0.829. The van der Waals surface area contributed by atoms with Crippen molar-refractivity contribution >= 4 is 11.8 Å². The number of hydrogen-bond donors (Lipinski definition) is 2. The van der Waals surface area contributed by atoms with Crippen LogP contribution in [-0.4, -0.2) is 22.4 Å². The number of fused-ring (bicyclic) bond motifs is 1. The molecule has 2 N–H and O–H groups in total. The number of benzene rings is 1. The van der Waals surface area contributed by atoms with E-state index in [1.165, 1.54) is 12.1 Å². The first-order chi connectivity index (χ1) is 10.1. The van der Waals surface area contributed by atoms with Gasteiger partial charge in [0.05, 0.1) is 6.54 Å². The molecule has 3 rings (SSSR count). The van der Waals surface area contributed by atoms with Crippen LogP contribution in [0.5, 0.6) is 0 Å². The van der Waals surface area contributed by atoms with Gasteiger partial charge in [-0.3, -0.25) is 9.59 Å². The van der Waals surface area contributed by atoms with E-state index in [9.17, 15) is 14.0 Å². The van der Waals surface area contributed by atoms with Crippen molar-refractivity contribution in [1.82, 2.24) is 15.2 Å². The molecule has 108 valence electrons. The number of nitrogens with one attached hydrogen (secondary N) is 2. The molecule has 2 amide bonds. The zero-order valence-electron chi connectivity index (χ0n) is 11.2.